The Labute approximate surface area is 133 Å². The van der Waals surface area contributed by atoms with Gasteiger partial charge < -0.3 is 14.8 Å². The second-order valence-corrected chi connectivity index (χ2v) is 4.56. The highest BCUT2D eigenvalue weighted by Crippen LogP contribution is 2.18. The fourth-order valence-electron chi connectivity index (χ4n) is 1.93. The molecule has 7 nitrogen and oxygen atoms in total. The van der Waals surface area contributed by atoms with E-state index in [1.807, 2.05) is 30.5 Å². The van der Waals surface area contributed by atoms with Gasteiger partial charge in [-0.05, 0) is 17.7 Å². The Bertz CT molecular complexity index is 708. The van der Waals surface area contributed by atoms with Gasteiger partial charge in [0.2, 0.25) is 0 Å². The quantitative estimate of drug-likeness (QED) is 0.643. The third-order valence-corrected chi connectivity index (χ3v) is 3.05. The average molecular weight is 315 g/mol. The molecular weight excluding hydrogens is 298 g/mol. The Morgan fingerprint density at radius 3 is 2.65 bits per heavy atom. The minimum Gasteiger partial charge on any atom is -0.466 e. The molecule has 0 saturated carbocycles. The number of carbonyl (C=O) groups is 2. The highest BCUT2D eigenvalue weighted by Gasteiger charge is 2.14. The highest BCUT2D eigenvalue weighted by atomic mass is 16.5. The molecule has 0 bridgehead atoms. The van der Waals surface area contributed by atoms with Crippen LogP contribution in [-0.4, -0.2) is 35.9 Å². The predicted octanol–water partition coefficient (Wildman–Crippen LogP) is 1.57. The Kier molecular flexibility index (Phi) is 5.51. The zero-order valence-corrected chi connectivity index (χ0v) is 12.9. The molecule has 1 heterocycles. The number of carbonyl (C=O) groups excluding carboxylic acids is 2. The van der Waals surface area contributed by atoms with Gasteiger partial charge in [-0.1, -0.05) is 18.2 Å². The van der Waals surface area contributed by atoms with Crippen LogP contribution in [0.4, 0.5) is 5.69 Å². The standard InChI is InChI=1S/C16H17N3O4/c1-22-15(20)10-14(16(21)23-2)18-13-7-4-3-6-12(13)11-19-9-5-8-17-19/h3-10,18H,11H2,1-2H3/b14-10+. The third-order valence-electron chi connectivity index (χ3n) is 3.05. The van der Waals surface area contributed by atoms with Crippen LogP contribution < -0.4 is 5.32 Å². The number of hydrogen-bond acceptors (Lipinski definition) is 6. The molecule has 1 aromatic heterocycles. The minimum absolute atomic E-state index is 0.00716. The molecule has 23 heavy (non-hydrogen) atoms. The van der Waals surface area contributed by atoms with Crippen molar-refractivity contribution in [2.45, 2.75) is 6.54 Å². The monoisotopic (exact) mass is 315 g/mol. The van der Waals surface area contributed by atoms with E-state index in [-0.39, 0.29) is 5.70 Å². The number of hydrogen-bond donors (Lipinski definition) is 1. The molecule has 2 rings (SSSR count). The lowest BCUT2D eigenvalue weighted by Gasteiger charge is -2.13. The fraction of sp³-hybridized carbons (Fsp3) is 0.188. The summed E-state index contributed by atoms with van der Waals surface area (Å²) in [7, 11) is 2.48. The maximum absolute atomic E-state index is 11.8. The van der Waals surface area contributed by atoms with E-state index >= 15 is 0 Å². The van der Waals surface area contributed by atoms with Gasteiger partial charge in [0, 0.05) is 18.1 Å². The number of esters is 2. The Morgan fingerprint density at radius 2 is 2.00 bits per heavy atom. The number of nitrogens with zero attached hydrogens (tertiary/aromatic N) is 2. The average Bonchev–Trinajstić information content (AvgIpc) is 3.08. The lowest BCUT2D eigenvalue weighted by Crippen LogP contribution is -2.16. The van der Waals surface area contributed by atoms with Crippen LogP contribution in [-0.2, 0) is 25.6 Å². The number of ether oxygens (including phenoxy) is 2. The maximum Gasteiger partial charge on any atom is 0.354 e. The molecule has 0 unspecified atom stereocenters. The fourth-order valence-corrected chi connectivity index (χ4v) is 1.93. The molecule has 0 aliphatic heterocycles. The van der Waals surface area contributed by atoms with Crippen molar-refractivity contribution in [3.05, 3.63) is 60.1 Å². The molecule has 0 fully saturated rings. The maximum atomic E-state index is 11.8. The van der Waals surface area contributed by atoms with Crippen LogP contribution >= 0.6 is 0 Å². The molecule has 2 aromatic rings. The lowest BCUT2D eigenvalue weighted by molar-refractivity contribution is -0.138. The summed E-state index contributed by atoms with van der Waals surface area (Å²) in [6.07, 6.45) is 4.58. The zero-order chi connectivity index (χ0) is 16.7. The zero-order valence-electron chi connectivity index (χ0n) is 12.9. The van der Waals surface area contributed by atoms with E-state index in [1.165, 1.54) is 14.2 Å². The van der Waals surface area contributed by atoms with Crippen LogP contribution in [0.15, 0.2) is 54.5 Å². The van der Waals surface area contributed by atoms with Gasteiger partial charge in [0.05, 0.1) is 26.8 Å². The number of benzene rings is 1. The van der Waals surface area contributed by atoms with Crippen LogP contribution in [0.25, 0.3) is 0 Å². The summed E-state index contributed by atoms with van der Waals surface area (Å²) in [4.78, 5) is 23.2. The molecule has 0 radical (unpaired) electrons. The molecule has 7 heteroatoms. The number of rotatable bonds is 6. The minimum atomic E-state index is -0.663. The highest BCUT2D eigenvalue weighted by molar-refractivity contribution is 5.98. The van der Waals surface area contributed by atoms with Crippen molar-refractivity contribution < 1.29 is 19.1 Å². The van der Waals surface area contributed by atoms with Crippen LogP contribution in [0.5, 0.6) is 0 Å². The Hall–Kier alpha value is -3.09. The molecule has 120 valence electrons. The summed E-state index contributed by atoms with van der Waals surface area (Å²) in [5, 5.41) is 7.07. The number of nitrogens with one attached hydrogen (secondary N) is 1. The molecule has 1 N–H and O–H groups in total. The van der Waals surface area contributed by atoms with Gasteiger partial charge in [0.25, 0.3) is 0 Å². The SMILES string of the molecule is COC(=O)/C=C(/Nc1ccccc1Cn1cccn1)C(=O)OC. The van der Waals surface area contributed by atoms with Crippen molar-refractivity contribution in [3.63, 3.8) is 0 Å². The number of anilines is 1. The smallest absolute Gasteiger partial charge is 0.354 e. The van der Waals surface area contributed by atoms with Crippen molar-refractivity contribution in [2.75, 3.05) is 19.5 Å². The van der Waals surface area contributed by atoms with Gasteiger partial charge in [-0.2, -0.15) is 5.10 Å². The molecule has 0 atom stereocenters. The lowest BCUT2D eigenvalue weighted by atomic mass is 10.1. The summed E-state index contributed by atoms with van der Waals surface area (Å²) >= 11 is 0. The van der Waals surface area contributed by atoms with Crippen molar-refractivity contribution in [3.8, 4) is 0 Å². The molecule has 1 aromatic carbocycles. The number of para-hydroxylation sites is 1. The van der Waals surface area contributed by atoms with Crippen molar-refractivity contribution in [1.82, 2.24) is 9.78 Å². The molecule has 0 amide bonds. The van der Waals surface area contributed by atoms with E-state index in [9.17, 15) is 9.59 Å². The normalized spacial score (nSPS) is 11.0. The largest absolute Gasteiger partial charge is 0.466 e. The van der Waals surface area contributed by atoms with E-state index in [2.05, 4.69) is 19.9 Å². The summed E-state index contributed by atoms with van der Waals surface area (Å²) in [5.41, 5.74) is 1.56. The van der Waals surface area contributed by atoms with Gasteiger partial charge in [0.1, 0.15) is 5.70 Å². The second kappa shape index (κ2) is 7.79. The summed E-state index contributed by atoms with van der Waals surface area (Å²) in [6.45, 7) is 0.517. The van der Waals surface area contributed by atoms with Gasteiger partial charge in [-0.15, -0.1) is 0 Å². The van der Waals surface area contributed by atoms with E-state index in [0.717, 1.165) is 11.6 Å². The third kappa shape index (κ3) is 4.44. The van der Waals surface area contributed by atoms with E-state index in [0.29, 0.717) is 12.2 Å². The molecule has 0 saturated heterocycles. The first-order valence-corrected chi connectivity index (χ1v) is 6.84. The summed E-state index contributed by atoms with van der Waals surface area (Å²) in [5.74, 6) is -1.31. The van der Waals surface area contributed by atoms with Gasteiger partial charge in [-0.3, -0.25) is 4.68 Å². The van der Waals surface area contributed by atoms with Crippen molar-refractivity contribution in [2.24, 2.45) is 0 Å². The summed E-state index contributed by atoms with van der Waals surface area (Å²) in [6, 6.07) is 9.23. The molecule has 0 aliphatic rings. The molecule has 0 aliphatic carbocycles. The van der Waals surface area contributed by atoms with Crippen LogP contribution in [0.3, 0.4) is 0 Å². The second-order valence-electron chi connectivity index (χ2n) is 4.56. The Morgan fingerprint density at radius 1 is 1.22 bits per heavy atom. The summed E-state index contributed by atoms with van der Waals surface area (Å²) < 4.78 is 11.0. The Balaban J connectivity index is 2.27. The van der Waals surface area contributed by atoms with E-state index in [4.69, 9.17) is 0 Å². The van der Waals surface area contributed by atoms with Crippen molar-refractivity contribution in [1.29, 1.82) is 0 Å². The first kappa shape index (κ1) is 16.3. The van der Waals surface area contributed by atoms with Crippen LogP contribution in [0, 0.1) is 0 Å². The molecule has 0 spiro atoms. The number of methoxy groups -OCH3 is 2. The van der Waals surface area contributed by atoms with E-state index in [1.54, 1.807) is 16.9 Å². The van der Waals surface area contributed by atoms with E-state index < -0.39 is 11.9 Å². The first-order chi connectivity index (χ1) is 11.1. The molecular formula is C16H17N3O4. The van der Waals surface area contributed by atoms with Gasteiger partial charge in [0.15, 0.2) is 0 Å². The topological polar surface area (TPSA) is 82.5 Å². The first-order valence-electron chi connectivity index (χ1n) is 6.84. The van der Waals surface area contributed by atoms with Crippen LogP contribution in [0.2, 0.25) is 0 Å². The van der Waals surface area contributed by atoms with Crippen LogP contribution in [0.1, 0.15) is 5.56 Å². The van der Waals surface area contributed by atoms with Gasteiger partial charge in [-0.25, -0.2) is 9.59 Å². The van der Waals surface area contributed by atoms with Gasteiger partial charge >= 0.3 is 11.9 Å². The van der Waals surface area contributed by atoms with Crippen molar-refractivity contribution >= 4 is 17.6 Å². The number of aromatic nitrogens is 2. The predicted molar refractivity (Wildman–Crippen MR) is 83.5 cm³/mol.